The number of rotatable bonds is 5. The summed E-state index contributed by atoms with van der Waals surface area (Å²) in [4.78, 5) is 29.3. The standard InChI is InChI=1S/C23H22FN3O2/c1-14(2)16-9-6-8-15(3)21(16)27-23(29)20-13-7-12-19(25-20)22(28)26-18-11-5-4-10-17(18)24/h4-14H,1-3H3,(H,26,28)(H,27,29). The van der Waals surface area contributed by atoms with Crippen molar-refractivity contribution in [3.05, 3.63) is 89.0 Å². The first-order valence-corrected chi connectivity index (χ1v) is 9.30. The lowest BCUT2D eigenvalue weighted by molar-refractivity contribution is 0.101. The molecule has 0 aliphatic carbocycles. The van der Waals surface area contributed by atoms with Crippen LogP contribution >= 0.6 is 0 Å². The van der Waals surface area contributed by atoms with Gasteiger partial charge in [0.15, 0.2) is 0 Å². The summed E-state index contributed by atoms with van der Waals surface area (Å²) < 4.78 is 13.8. The van der Waals surface area contributed by atoms with Crippen molar-refractivity contribution in [1.82, 2.24) is 4.98 Å². The van der Waals surface area contributed by atoms with Gasteiger partial charge in [-0.15, -0.1) is 0 Å². The molecule has 0 unspecified atom stereocenters. The molecule has 2 aromatic carbocycles. The smallest absolute Gasteiger partial charge is 0.274 e. The molecule has 0 atom stereocenters. The second-order valence-electron chi connectivity index (χ2n) is 6.99. The van der Waals surface area contributed by atoms with Gasteiger partial charge < -0.3 is 10.6 Å². The van der Waals surface area contributed by atoms with Crippen LogP contribution < -0.4 is 10.6 Å². The number of carbonyl (C=O) groups excluding carboxylic acids is 2. The zero-order valence-electron chi connectivity index (χ0n) is 16.5. The van der Waals surface area contributed by atoms with E-state index in [0.29, 0.717) is 0 Å². The fraction of sp³-hybridized carbons (Fsp3) is 0.174. The van der Waals surface area contributed by atoms with E-state index in [0.717, 1.165) is 16.8 Å². The van der Waals surface area contributed by atoms with Crippen molar-refractivity contribution in [3.8, 4) is 0 Å². The van der Waals surface area contributed by atoms with Gasteiger partial charge in [-0.1, -0.05) is 50.2 Å². The van der Waals surface area contributed by atoms with Gasteiger partial charge in [-0.25, -0.2) is 9.37 Å². The number of aryl methyl sites for hydroxylation is 1. The monoisotopic (exact) mass is 391 g/mol. The highest BCUT2D eigenvalue weighted by Gasteiger charge is 2.16. The molecule has 0 aliphatic heterocycles. The average molecular weight is 391 g/mol. The van der Waals surface area contributed by atoms with Crippen LogP contribution in [0.5, 0.6) is 0 Å². The summed E-state index contributed by atoms with van der Waals surface area (Å²) in [5, 5.41) is 5.38. The van der Waals surface area contributed by atoms with E-state index >= 15 is 0 Å². The summed E-state index contributed by atoms with van der Waals surface area (Å²) in [7, 11) is 0. The first kappa shape index (κ1) is 20.2. The number of nitrogens with zero attached hydrogens (tertiary/aromatic N) is 1. The van der Waals surface area contributed by atoms with E-state index in [1.807, 2.05) is 25.1 Å². The van der Waals surface area contributed by atoms with Crippen molar-refractivity contribution in [3.63, 3.8) is 0 Å². The van der Waals surface area contributed by atoms with Crippen LogP contribution in [0.25, 0.3) is 0 Å². The van der Waals surface area contributed by atoms with Gasteiger partial charge in [0.05, 0.1) is 5.69 Å². The minimum absolute atomic E-state index is 0.0229. The Bertz CT molecular complexity index is 1060. The van der Waals surface area contributed by atoms with Gasteiger partial charge in [-0.05, 0) is 48.2 Å². The fourth-order valence-corrected chi connectivity index (χ4v) is 2.96. The molecule has 0 spiro atoms. The van der Waals surface area contributed by atoms with E-state index in [2.05, 4.69) is 29.5 Å². The molecule has 1 heterocycles. The van der Waals surface area contributed by atoms with Gasteiger partial charge in [0.25, 0.3) is 11.8 Å². The topological polar surface area (TPSA) is 71.1 Å². The lowest BCUT2D eigenvalue weighted by Crippen LogP contribution is -2.19. The third-order valence-corrected chi connectivity index (χ3v) is 4.50. The summed E-state index contributed by atoms with van der Waals surface area (Å²) in [5.74, 6) is -1.32. The molecule has 0 aliphatic rings. The van der Waals surface area contributed by atoms with Gasteiger partial charge in [-0.2, -0.15) is 0 Å². The van der Waals surface area contributed by atoms with Crippen LogP contribution in [-0.2, 0) is 0 Å². The molecule has 3 aromatic rings. The summed E-state index contributed by atoms with van der Waals surface area (Å²) in [5.41, 5.74) is 2.88. The number of amides is 2. The molecule has 0 saturated carbocycles. The maximum Gasteiger partial charge on any atom is 0.274 e. The lowest BCUT2D eigenvalue weighted by atomic mass is 9.98. The molecule has 29 heavy (non-hydrogen) atoms. The highest BCUT2D eigenvalue weighted by atomic mass is 19.1. The second-order valence-corrected chi connectivity index (χ2v) is 6.99. The Kier molecular flexibility index (Phi) is 6.02. The highest BCUT2D eigenvalue weighted by molar-refractivity contribution is 6.06. The van der Waals surface area contributed by atoms with Crippen molar-refractivity contribution in [2.75, 3.05) is 10.6 Å². The van der Waals surface area contributed by atoms with E-state index in [-0.39, 0.29) is 23.0 Å². The van der Waals surface area contributed by atoms with Crippen molar-refractivity contribution in [2.24, 2.45) is 0 Å². The van der Waals surface area contributed by atoms with Crippen LogP contribution in [0.15, 0.2) is 60.7 Å². The first-order valence-electron chi connectivity index (χ1n) is 9.30. The first-order chi connectivity index (χ1) is 13.9. The molecule has 0 fully saturated rings. The minimum Gasteiger partial charge on any atom is -0.320 e. The lowest BCUT2D eigenvalue weighted by Gasteiger charge is -2.16. The molecule has 0 bridgehead atoms. The van der Waals surface area contributed by atoms with Gasteiger partial charge in [-0.3, -0.25) is 9.59 Å². The van der Waals surface area contributed by atoms with Crippen LogP contribution in [-0.4, -0.2) is 16.8 Å². The van der Waals surface area contributed by atoms with Crippen LogP contribution in [0, 0.1) is 12.7 Å². The zero-order valence-corrected chi connectivity index (χ0v) is 16.5. The van der Waals surface area contributed by atoms with Crippen molar-refractivity contribution < 1.29 is 14.0 Å². The van der Waals surface area contributed by atoms with Crippen LogP contribution in [0.2, 0.25) is 0 Å². The van der Waals surface area contributed by atoms with E-state index < -0.39 is 17.6 Å². The normalized spacial score (nSPS) is 10.7. The summed E-state index contributed by atoms with van der Waals surface area (Å²) in [6, 6.07) is 16.3. The minimum atomic E-state index is -0.594. The van der Waals surface area contributed by atoms with Crippen molar-refractivity contribution in [1.29, 1.82) is 0 Å². The van der Waals surface area contributed by atoms with E-state index in [1.54, 1.807) is 12.1 Å². The molecule has 2 N–H and O–H groups in total. The Hall–Kier alpha value is -3.54. The molecule has 148 valence electrons. The third-order valence-electron chi connectivity index (χ3n) is 4.50. The predicted octanol–water partition coefficient (Wildman–Crippen LogP) is 5.16. The van der Waals surface area contributed by atoms with Gasteiger partial charge >= 0.3 is 0 Å². The number of halogens is 1. The number of hydrogen-bond donors (Lipinski definition) is 2. The molecule has 2 amide bonds. The van der Waals surface area contributed by atoms with Gasteiger partial charge in [0.2, 0.25) is 0 Å². The Labute approximate surface area is 169 Å². The molecule has 0 radical (unpaired) electrons. The number of anilines is 2. The average Bonchev–Trinajstić information content (AvgIpc) is 2.71. The number of nitrogens with one attached hydrogen (secondary N) is 2. The predicted molar refractivity (Wildman–Crippen MR) is 112 cm³/mol. The Morgan fingerprint density at radius 3 is 2.14 bits per heavy atom. The second kappa shape index (κ2) is 8.65. The van der Waals surface area contributed by atoms with E-state index in [1.165, 1.54) is 30.3 Å². The van der Waals surface area contributed by atoms with Gasteiger partial charge in [0.1, 0.15) is 17.2 Å². The number of para-hydroxylation sites is 2. The van der Waals surface area contributed by atoms with Crippen molar-refractivity contribution in [2.45, 2.75) is 26.7 Å². The zero-order chi connectivity index (χ0) is 21.0. The molecule has 3 rings (SSSR count). The maximum absolute atomic E-state index is 13.8. The van der Waals surface area contributed by atoms with Crippen molar-refractivity contribution >= 4 is 23.2 Å². The number of benzene rings is 2. The SMILES string of the molecule is Cc1cccc(C(C)C)c1NC(=O)c1cccc(C(=O)Nc2ccccc2F)n1. The number of pyridine rings is 1. The summed E-state index contributed by atoms with van der Waals surface area (Å²) in [6.07, 6.45) is 0. The molecule has 0 saturated heterocycles. The molecule has 6 heteroatoms. The Morgan fingerprint density at radius 2 is 1.48 bits per heavy atom. The Balaban J connectivity index is 1.82. The summed E-state index contributed by atoms with van der Waals surface area (Å²) in [6.45, 7) is 6.03. The molecular weight excluding hydrogens is 369 g/mol. The van der Waals surface area contributed by atoms with Crippen LogP contribution in [0.4, 0.5) is 15.8 Å². The molecular formula is C23H22FN3O2. The van der Waals surface area contributed by atoms with Crippen LogP contribution in [0.3, 0.4) is 0 Å². The molecule has 5 nitrogen and oxygen atoms in total. The number of aromatic nitrogens is 1. The summed E-state index contributed by atoms with van der Waals surface area (Å²) >= 11 is 0. The van der Waals surface area contributed by atoms with Gasteiger partial charge in [0, 0.05) is 5.69 Å². The third kappa shape index (κ3) is 4.66. The molecule has 1 aromatic heterocycles. The number of hydrogen-bond acceptors (Lipinski definition) is 3. The van der Waals surface area contributed by atoms with E-state index in [9.17, 15) is 14.0 Å². The quantitative estimate of drug-likeness (QED) is 0.631. The fourth-order valence-electron chi connectivity index (χ4n) is 2.96. The number of carbonyl (C=O) groups is 2. The van der Waals surface area contributed by atoms with E-state index in [4.69, 9.17) is 0 Å². The van der Waals surface area contributed by atoms with Crippen LogP contribution in [0.1, 0.15) is 51.9 Å². The maximum atomic E-state index is 13.8. The highest BCUT2D eigenvalue weighted by Crippen LogP contribution is 2.27. The Morgan fingerprint density at radius 1 is 0.862 bits per heavy atom. The largest absolute Gasteiger partial charge is 0.320 e.